The number of nitrogens with one attached hydrogen (secondary N) is 3. The molecule has 13 nitrogen and oxygen atoms in total. The highest BCUT2D eigenvalue weighted by atomic mass is 32.2. The molecule has 174 valence electrons. The Bertz CT molecular complexity index is 1400. The molecule has 0 spiro atoms. The molecule has 4 heterocycles. The zero-order valence-corrected chi connectivity index (χ0v) is 18.9. The van der Waals surface area contributed by atoms with Gasteiger partial charge >= 0.3 is 0 Å². The normalized spacial score (nSPS) is 18.6. The Labute approximate surface area is 189 Å². The molecular formula is C18H21N9O4S2. The summed E-state index contributed by atoms with van der Waals surface area (Å²) in [5, 5.41) is 22.3. The van der Waals surface area contributed by atoms with Crippen molar-refractivity contribution in [2.45, 2.75) is 28.7 Å². The molecule has 2 aliphatic heterocycles. The number of primary sulfonamides is 1. The molecule has 3 aromatic rings. The second-order valence-corrected chi connectivity index (χ2v) is 10.9. The monoisotopic (exact) mass is 491 g/mol. The van der Waals surface area contributed by atoms with Gasteiger partial charge in [-0.3, -0.25) is 0 Å². The smallest absolute Gasteiger partial charge is 0.242 e. The first kappa shape index (κ1) is 21.8. The van der Waals surface area contributed by atoms with Crippen molar-refractivity contribution in [3.05, 3.63) is 36.0 Å². The van der Waals surface area contributed by atoms with E-state index in [1.165, 1.54) is 12.1 Å². The number of rotatable bonds is 6. The van der Waals surface area contributed by atoms with Gasteiger partial charge < -0.3 is 10.2 Å². The summed E-state index contributed by atoms with van der Waals surface area (Å²) in [6.07, 6.45) is 2.88. The van der Waals surface area contributed by atoms with Crippen LogP contribution >= 0.6 is 0 Å². The van der Waals surface area contributed by atoms with Crippen LogP contribution in [0.4, 0.5) is 11.5 Å². The molecular weight excluding hydrogens is 470 g/mol. The average Bonchev–Trinajstić information content (AvgIpc) is 3.53. The molecule has 5 rings (SSSR count). The van der Waals surface area contributed by atoms with Gasteiger partial charge in [0.15, 0.2) is 0 Å². The summed E-state index contributed by atoms with van der Waals surface area (Å²) >= 11 is 0. The van der Waals surface area contributed by atoms with Crippen LogP contribution in [0.25, 0.3) is 11.4 Å². The number of sulfonamides is 2. The Hall–Kier alpha value is -2.98. The maximum Gasteiger partial charge on any atom is 0.242 e. The standard InChI is InChI=1S/C18H21N9O4S2/c19-32(28,29)16-14(33(30,31)24-12-5-8-20-10-12)4-3-13(15(16)17-22-25-26-23-17)27-9-6-11-2-1-7-21-18(11)27/h1-4,7,12,20,24H,5-6,8-10H2,(H2,19,28,29)(H,22,23,25,26)/t12-/m1/s1. The number of aromatic nitrogens is 5. The summed E-state index contributed by atoms with van der Waals surface area (Å²) < 4.78 is 54.7. The number of tetrazole rings is 1. The van der Waals surface area contributed by atoms with Gasteiger partial charge in [0.1, 0.15) is 15.6 Å². The Balaban J connectivity index is 1.75. The number of fused-ring (bicyclic) bond motifs is 1. The molecule has 1 saturated heterocycles. The molecule has 0 saturated carbocycles. The van der Waals surface area contributed by atoms with Crippen molar-refractivity contribution in [2.75, 3.05) is 24.5 Å². The van der Waals surface area contributed by atoms with Crippen molar-refractivity contribution in [3.63, 3.8) is 0 Å². The molecule has 2 aliphatic rings. The van der Waals surface area contributed by atoms with Crippen LogP contribution in [0.2, 0.25) is 0 Å². The van der Waals surface area contributed by atoms with Crippen LogP contribution in [0.3, 0.4) is 0 Å². The maximum atomic E-state index is 13.3. The Morgan fingerprint density at radius 2 is 2.03 bits per heavy atom. The summed E-state index contributed by atoms with van der Waals surface area (Å²) in [5.74, 6) is 0.534. The Morgan fingerprint density at radius 1 is 1.18 bits per heavy atom. The van der Waals surface area contributed by atoms with Crippen LogP contribution in [-0.4, -0.2) is 68.1 Å². The number of hydrogen-bond donors (Lipinski definition) is 4. The van der Waals surface area contributed by atoms with Crippen molar-refractivity contribution in [1.82, 2.24) is 35.6 Å². The number of nitrogens with zero attached hydrogens (tertiary/aromatic N) is 5. The predicted octanol–water partition coefficient (Wildman–Crippen LogP) is -0.756. The SMILES string of the molecule is NS(=O)(=O)c1c(S(=O)(=O)N[C@@H]2CCNC2)ccc(N2CCc3cccnc32)c1-c1nn[nH]n1. The van der Waals surface area contributed by atoms with Gasteiger partial charge in [0.05, 0.1) is 11.3 Å². The van der Waals surface area contributed by atoms with Crippen LogP contribution < -0.4 is 20.1 Å². The van der Waals surface area contributed by atoms with Crippen molar-refractivity contribution < 1.29 is 16.8 Å². The second kappa shape index (κ2) is 8.11. The fourth-order valence-electron chi connectivity index (χ4n) is 4.24. The number of nitrogens with two attached hydrogens (primary N) is 1. The quantitative estimate of drug-likeness (QED) is 0.341. The maximum absolute atomic E-state index is 13.3. The zero-order valence-electron chi connectivity index (χ0n) is 17.3. The van der Waals surface area contributed by atoms with Crippen LogP contribution in [0, 0.1) is 0 Å². The first-order chi connectivity index (χ1) is 15.8. The summed E-state index contributed by atoms with van der Waals surface area (Å²) in [6, 6.07) is 6.13. The fourth-order valence-corrected chi connectivity index (χ4v) is 7.10. The zero-order chi connectivity index (χ0) is 23.2. The average molecular weight is 492 g/mol. The minimum absolute atomic E-state index is 0.0582. The number of aromatic amines is 1. The van der Waals surface area contributed by atoms with Gasteiger partial charge in [0.25, 0.3) is 0 Å². The molecule has 0 radical (unpaired) electrons. The van der Waals surface area contributed by atoms with Gasteiger partial charge in [0.2, 0.25) is 25.9 Å². The lowest BCUT2D eigenvalue weighted by Gasteiger charge is -2.24. The molecule has 2 aromatic heterocycles. The molecule has 1 aromatic carbocycles. The second-order valence-electron chi connectivity index (χ2n) is 7.77. The summed E-state index contributed by atoms with van der Waals surface area (Å²) in [4.78, 5) is 5.14. The lowest BCUT2D eigenvalue weighted by Crippen LogP contribution is -2.37. The van der Waals surface area contributed by atoms with Crippen LogP contribution in [0.1, 0.15) is 12.0 Å². The van der Waals surface area contributed by atoms with E-state index in [4.69, 9.17) is 5.14 Å². The van der Waals surface area contributed by atoms with Crippen molar-refractivity contribution >= 4 is 31.6 Å². The molecule has 0 unspecified atom stereocenters. The Kier molecular flexibility index (Phi) is 5.37. The van der Waals surface area contributed by atoms with E-state index in [1.54, 1.807) is 11.1 Å². The summed E-state index contributed by atoms with van der Waals surface area (Å²) in [6.45, 7) is 1.60. The highest BCUT2D eigenvalue weighted by molar-refractivity contribution is 7.92. The van der Waals surface area contributed by atoms with E-state index in [2.05, 4.69) is 35.6 Å². The molecule has 0 aliphatic carbocycles. The highest BCUT2D eigenvalue weighted by Crippen LogP contribution is 2.42. The summed E-state index contributed by atoms with van der Waals surface area (Å²) in [7, 11) is -8.78. The number of anilines is 2. The minimum atomic E-state index is -4.54. The molecule has 0 amide bonds. The van der Waals surface area contributed by atoms with E-state index in [0.717, 1.165) is 5.56 Å². The van der Waals surface area contributed by atoms with Gasteiger partial charge in [-0.1, -0.05) is 6.07 Å². The molecule has 0 bridgehead atoms. The largest absolute Gasteiger partial charge is 0.325 e. The molecule has 33 heavy (non-hydrogen) atoms. The highest BCUT2D eigenvalue weighted by Gasteiger charge is 2.36. The Morgan fingerprint density at radius 3 is 2.73 bits per heavy atom. The van der Waals surface area contributed by atoms with Crippen LogP contribution in [0.15, 0.2) is 40.3 Å². The van der Waals surface area contributed by atoms with E-state index >= 15 is 0 Å². The lowest BCUT2D eigenvalue weighted by molar-refractivity contribution is 0.555. The van der Waals surface area contributed by atoms with Crippen molar-refractivity contribution in [3.8, 4) is 11.4 Å². The fraction of sp³-hybridized carbons (Fsp3) is 0.333. The van der Waals surface area contributed by atoms with Crippen molar-refractivity contribution in [1.29, 1.82) is 0 Å². The van der Waals surface area contributed by atoms with E-state index in [9.17, 15) is 16.8 Å². The van der Waals surface area contributed by atoms with Gasteiger partial charge in [-0.15, -0.1) is 10.2 Å². The number of benzene rings is 1. The van der Waals surface area contributed by atoms with E-state index in [0.29, 0.717) is 44.0 Å². The van der Waals surface area contributed by atoms with Gasteiger partial charge in [0, 0.05) is 25.3 Å². The van der Waals surface area contributed by atoms with E-state index in [-0.39, 0.29) is 17.4 Å². The van der Waals surface area contributed by atoms with Gasteiger partial charge in [-0.25, -0.2) is 31.7 Å². The number of H-pyrrole nitrogens is 1. The van der Waals surface area contributed by atoms with Crippen molar-refractivity contribution in [2.24, 2.45) is 5.14 Å². The predicted molar refractivity (Wildman–Crippen MR) is 118 cm³/mol. The molecule has 5 N–H and O–H groups in total. The van der Waals surface area contributed by atoms with Gasteiger partial charge in [-0.05, 0) is 48.4 Å². The topological polar surface area (TPSA) is 189 Å². The third-order valence-electron chi connectivity index (χ3n) is 5.64. The molecule has 15 heteroatoms. The molecule has 1 atom stereocenters. The number of pyridine rings is 1. The van der Waals surface area contributed by atoms with E-state index in [1.807, 2.05) is 12.1 Å². The molecule has 1 fully saturated rings. The van der Waals surface area contributed by atoms with Crippen LogP contribution in [-0.2, 0) is 26.5 Å². The third-order valence-corrected chi connectivity index (χ3v) is 8.33. The minimum Gasteiger partial charge on any atom is -0.325 e. The van der Waals surface area contributed by atoms with Crippen LogP contribution in [0.5, 0.6) is 0 Å². The number of hydrogen-bond acceptors (Lipinski definition) is 10. The third kappa shape index (κ3) is 3.97. The lowest BCUT2D eigenvalue weighted by atomic mass is 10.1. The first-order valence-corrected chi connectivity index (χ1v) is 13.2. The first-order valence-electron chi connectivity index (χ1n) is 10.1. The van der Waals surface area contributed by atoms with E-state index < -0.39 is 29.8 Å². The van der Waals surface area contributed by atoms with Gasteiger partial charge in [-0.2, -0.15) is 5.21 Å². The summed E-state index contributed by atoms with van der Waals surface area (Å²) in [5.41, 5.74) is 1.28.